The number of benzene rings is 2. The van der Waals surface area contributed by atoms with E-state index in [0.29, 0.717) is 18.2 Å². The zero-order valence-corrected chi connectivity index (χ0v) is 18.1. The molecule has 0 unspecified atom stereocenters. The first-order valence-electron chi connectivity index (χ1n) is 10.0. The monoisotopic (exact) mass is 507 g/mol. The molecule has 0 aliphatic carbocycles. The van der Waals surface area contributed by atoms with Crippen LogP contribution in [0, 0.1) is 15.9 Å². The molecule has 1 aromatic heterocycles. The highest BCUT2D eigenvalue weighted by Crippen LogP contribution is 2.32. The third kappa shape index (κ3) is 6.40. The van der Waals surface area contributed by atoms with Crippen LogP contribution in [0.5, 0.6) is 0 Å². The van der Waals surface area contributed by atoms with Gasteiger partial charge in [0.05, 0.1) is 16.2 Å². The Hall–Kier alpha value is -4.82. The maximum absolute atomic E-state index is 13.8. The summed E-state index contributed by atoms with van der Waals surface area (Å²) in [5, 5.41) is 18.1. The van der Waals surface area contributed by atoms with Crippen molar-refractivity contribution in [1.82, 2.24) is 9.97 Å². The van der Waals surface area contributed by atoms with Crippen LogP contribution in [0.25, 0.3) is 0 Å². The lowest BCUT2D eigenvalue weighted by molar-refractivity contribution is -0.383. The van der Waals surface area contributed by atoms with Crippen molar-refractivity contribution >= 4 is 40.5 Å². The van der Waals surface area contributed by atoms with Crippen LogP contribution < -0.4 is 21.7 Å². The first-order chi connectivity index (χ1) is 17.0. The summed E-state index contributed by atoms with van der Waals surface area (Å²) < 4.78 is 52.2. The number of amides is 2. The Morgan fingerprint density at radius 2 is 1.75 bits per heavy atom. The number of ketones is 1. The maximum atomic E-state index is 13.8. The number of nitrogen functional groups attached to an aromatic ring is 1. The number of halogens is 4. The number of nitrogens with two attached hydrogens (primary N) is 1. The molecular weight excluding hydrogens is 490 g/mol. The molecule has 2 aromatic carbocycles. The van der Waals surface area contributed by atoms with E-state index in [-0.39, 0.29) is 41.6 Å². The molecule has 3 aromatic rings. The standard InChI is InChI=1S/C21H17F4N7O4/c22-14-6-3-12(21(23,24)25)9-15(14)31-20(34)30-13-4-1-11(2-5-13)16(33)7-8-27-19-17(32(35)36)18(26)28-10-29-19/h1-6,9-10H,7-8H2,(H2,30,31,34)(H3,26,27,28,29). The highest BCUT2D eigenvalue weighted by molar-refractivity contribution is 6.01. The van der Waals surface area contributed by atoms with E-state index in [1.54, 1.807) is 0 Å². The summed E-state index contributed by atoms with van der Waals surface area (Å²) in [6, 6.07) is 6.09. The Labute approximate surface area is 199 Å². The number of alkyl halides is 3. The van der Waals surface area contributed by atoms with Gasteiger partial charge in [-0.15, -0.1) is 0 Å². The first-order valence-corrected chi connectivity index (χ1v) is 10.0. The van der Waals surface area contributed by atoms with Gasteiger partial charge in [-0.3, -0.25) is 14.9 Å². The van der Waals surface area contributed by atoms with Crippen molar-refractivity contribution in [2.45, 2.75) is 12.6 Å². The molecule has 188 valence electrons. The molecule has 0 saturated carbocycles. The number of carbonyl (C=O) groups is 2. The van der Waals surface area contributed by atoms with Crippen molar-refractivity contribution in [3.05, 3.63) is 75.9 Å². The fourth-order valence-corrected chi connectivity index (χ4v) is 2.96. The molecule has 0 radical (unpaired) electrons. The summed E-state index contributed by atoms with van der Waals surface area (Å²) in [5.74, 6) is -1.85. The van der Waals surface area contributed by atoms with Crippen LogP contribution in [-0.4, -0.2) is 33.3 Å². The molecule has 36 heavy (non-hydrogen) atoms. The van der Waals surface area contributed by atoms with Gasteiger partial charge >= 0.3 is 17.9 Å². The van der Waals surface area contributed by atoms with E-state index in [2.05, 4.69) is 20.6 Å². The molecular formula is C21H17F4N7O4. The number of hydrogen-bond acceptors (Lipinski definition) is 8. The van der Waals surface area contributed by atoms with Crippen molar-refractivity contribution in [2.75, 3.05) is 28.2 Å². The number of hydrogen-bond donors (Lipinski definition) is 4. The van der Waals surface area contributed by atoms with Crippen LogP contribution in [-0.2, 0) is 6.18 Å². The summed E-state index contributed by atoms with van der Waals surface area (Å²) in [4.78, 5) is 42.1. The second kappa shape index (κ2) is 10.6. The van der Waals surface area contributed by atoms with Gasteiger partial charge in [-0.1, -0.05) is 0 Å². The largest absolute Gasteiger partial charge is 0.416 e. The minimum atomic E-state index is -4.71. The molecule has 0 fully saturated rings. The second-order valence-corrected chi connectivity index (χ2v) is 7.16. The van der Waals surface area contributed by atoms with Gasteiger partial charge in [0, 0.05) is 24.2 Å². The minimum Gasteiger partial charge on any atom is -0.378 e. The van der Waals surface area contributed by atoms with Crippen LogP contribution in [0.1, 0.15) is 22.3 Å². The van der Waals surface area contributed by atoms with E-state index < -0.39 is 39.9 Å². The summed E-state index contributed by atoms with van der Waals surface area (Å²) >= 11 is 0. The van der Waals surface area contributed by atoms with E-state index in [4.69, 9.17) is 5.73 Å². The number of nitrogens with zero attached hydrogens (tertiary/aromatic N) is 3. The number of carbonyl (C=O) groups excluding carboxylic acids is 2. The normalized spacial score (nSPS) is 11.0. The minimum absolute atomic E-state index is 0.00108. The molecule has 0 spiro atoms. The predicted octanol–water partition coefficient (Wildman–Crippen LogP) is 4.45. The van der Waals surface area contributed by atoms with Crippen molar-refractivity contribution < 1.29 is 32.1 Å². The van der Waals surface area contributed by atoms with Crippen LogP contribution in [0.3, 0.4) is 0 Å². The number of nitro groups is 1. The third-order valence-corrected chi connectivity index (χ3v) is 4.68. The quantitative estimate of drug-likeness (QED) is 0.150. The average molecular weight is 507 g/mol. The topological polar surface area (TPSA) is 165 Å². The molecule has 0 aliphatic heterocycles. The fourth-order valence-electron chi connectivity index (χ4n) is 2.96. The van der Waals surface area contributed by atoms with Gasteiger partial charge in [-0.05, 0) is 42.5 Å². The van der Waals surface area contributed by atoms with Crippen molar-refractivity contribution in [3.63, 3.8) is 0 Å². The number of nitrogens with one attached hydrogen (secondary N) is 3. The molecule has 0 bridgehead atoms. The number of Topliss-reactive ketones (excluding diaryl/α,β-unsaturated/α-hetero) is 1. The van der Waals surface area contributed by atoms with Gasteiger partial charge < -0.3 is 21.7 Å². The number of urea groups is 1. The Balaban J connectivity index is 1.56. The lowest BCUT2D eigenvalue weighted by Crippen LogP contribution is -2.20. The van der Waals surface area contributed by atoms with Gasteiger partial charge in [-0.2, -0.15) is 13.2 Å². The number of rotatable bonds is 8. The van der Waals surface area contributed by atoms with Crippen LogP contribution in [0.2, 0.25) is 0 Å². The summed E-state index contributed by atoms with van der Waals surface area (Å²) in [5.41, 5.74) is 3.60. The van der Waals surface area contributed by atoms with Gasteiger partial charge in [0.15, 0.2) is 5.78 Å². The molecule has 15 heteroatoms. The van der Waals surface area contributed by atoms with Gasteiger partial charge in [0.25, 0.3) is 0 Å². The Morgan fingerprint density at radius 1 is 1.06 bits per heavy atom. The average Bonchev–Trinajstić information content (AvgIpc) is 2.80. The zero-order chi connectivity index (χ0) is 26.5. The Bertz CT molecular complexity index is 1300. The van der Waals surface area contributed by atoms with Gasteiger partial charge in [0.2, 0.25) is 11.6 Å². The molecule has 5 N–H and O–H groups in total. The number of aromatic nitrogens is 2. The Kier molecular flexibility index (Phi) is 7.61. The van der Waals surface area contributed by atoms with Gasteiger partial charge in [-0.25, -0.2) is 19.2 Å². The van der Waals surface area contributed by atoms with Crippen LogP contribution in [0.15, 0.2) is 48.8 Å². The van der Waals surface area contributed by atoms with E-state index in [1.165, 1.54) is 24.3 Å². The summed E-state index contributed by atoms with van der Waals surface area (Å²) in [6.45, 7) is 0.00108. The molecule has 1 heterocycles. The van der Waals surface area contributed by atoms with Crippen LogP contribution >= 0.6 is 0 Å². The molecule has 2 amide bonds. The highest BCUT2D eigenvalue weighted by atomic mass is 19.4. The van der Waals surface area contributed by atoms with Gasteiger partial charge in [0.1, 0.15) is 12.1 Å². The van der Waals surface area contributed by atoms with E-state index in [0.717, 1.165) is 6.33 Å². The zero-order valence-electron chi connectivity index (χ0n) is 18.1. The third-order valence-electron chi connectivity index (χ3n) is 4.68. The van der Waals surface area contributed by atoms with Crippen molar-refractivity contribution in [3.8, 4) is 0 Å². The molecule has 0 atom stereocenters. The number of anilines is 4. The second-order valence-electron chi connectivity index (χ2n) is 7.16. The van der Waals surface area contributed by atoms with E-state index >= 15 is 0 Å². The van der Waals surface area contributed by atoms with Crippen molar-refractivity contribution in [1.29, 1.82) is 0 Å². The lowest BCUT2D eigenvalue weighted by Gasteiger charge is -2.12. The fraction of sp³-hybridized carbons (Fsp3) is 0.143. The SMILES string of the molecule is Nc1ncnc(NCCC(=O)c2ccc(NC(=O)Nc3cc(C(F)(F)F)ccc3F)cc2)c1[N+](=O)[O-]. The summed E-state index contributed by atoms with van der Waals surface area (Å²) in [6.07, 6.45) is -3.74. The van der Waals surface area contributed by atoms with E-state index in [1.807, 2.05) is 5.32 Å². The Morgan fingerprint density at radius 3 is 2.39 bits per heavy atom. The molecule has 0 aliphatic rings. The molecule has 0 saturated heterocycles. The first kappa shape index (κ1) is 25.8. The smallest absolute Gasteiger partial charge is 0.378 e. The maximum Gasteiger partial charge on any atom is 0.416 e. The highest BCUT2D eigenvalue weighted by Gasteiger charge is 2.31. The summed E-state index contributed by atoms with van der Waals surface area (Å²) in [7, 11) is 0. The van der Waals surface area contributed by atoms with Crippen LogP contribution in [0.4, 0.5) is 51.1 Å². The van der Waals surface area contributed by atoms with Crippen molar-refractivity contribution in [2.24, 2.45) is 0 Å². The lowest BCUT2D eigenvalue weighted by atomic mass is 10.1. The predicted molar refractivity (Wildman–Crippen MR) is 121 cm³/mol. The molecule has 3 rings (SSSR count). The van der Waals surface area contributed by atoms with E-state index in [9.17, 15) is 37.3 Å². The molecule has 11 nitrogen and oxygen atoms in total.